The van der Waals surface area contributed by atoms with Crippen molar-refractivity contribution in [2.75, 3.05) is 28.6 Å². The maximum absolute atomic E-state index is 11.8. The van der Waals surface area contributed by atoms with Gasteiger partial charge in [-0.3, -0.25) is 14.9 Å². The fraction of sp³-hybridized carbons (Fsp3) is 0.350. The minimum absolute atomic E-state index is 0.119. The number of carbonyl (C=O) groups excluding carboxylic acids is 1. The van der Waals surface area contributed by atoms with Crippen LogP contribution in [0.2, 0.25) is 0 Å². The maximum Gasteiger partial charge on any atom is 0.324 e. The summed E-state index contributed by atoms with van der Waals surface area (Å²) in [5.74, 6) is 0.473. The molecule has 0 bridgehead atoms. The second-order valence-electron chi connectivity index (χ2n) is 7.56. The molecule has 1 fully saturated rings. The topological polar surface area (TPSA) is 126 Å². The molecule has 0 spiro atoms. The van der Waals surface area contributed by atoms with Crippen molar-refractivity contribution in [2.24, 2.45) is 5.92 Å². The van der Waals surface area contributed by atoms with Crippen LogP contribution < -0.4 is 15.5 Å². The van der Waals surface area contributed by atoms with E-state index in [9.17, 15) is 14.9 Å². The smallest absolute Gasteiger partial charge is 0.324 e. The van der Waals surface area contributed by atoms with Gasteiger partial charge in [0.05, 0.1) is 10.6 Å². The molecule has 1 amide bonds. The molecular formula is C20H22N6O4. The quantitative estimate of drug-likeness (QED) is 0.476. The Balaban J connectivity index is 1.73. The standard InChI is InChI=1S/C20H22N6O4/c1-12-7-9-25(10-8-12)17-11-16(20(26(28)29)19-18(17)23-30-24-19)22-15-5-3-14(4-6-15)21-13(2)27/h3-6,11-12,22H,7-10H2,1-2H3,(H,21,27). The number of amides is 1. The zero-order valence-corrected chi connectivity index (χ0v) is 16.7. The average molecular weight is 410 g/mol. The summed E-state index contributed by atoms with van der Waals surface area (Å²) in [5, 5.41) is 25.4. The van der Waals surface area contributed by atoms with Gasteiger partial charge < -0.3 is 15.5 Å². The number of piperidine rings is 1. The van der Waals surface area contributed by atoms with E-state index in [-0.39, 0.29) is 17.1 Å². The van der Waals surface area contributed by atoms with Crippen LogP contribution in [0.4, 0.5) is 28.4 Å². The van der Waals surface area contributed by atoms with Crippen molar-refractivity contribution in [3.63, 3.8) is 0 Å². The van der Waals surface area contributed by atoms with Crippen LogP contribution in [-0.2, 0) is 4.79 Å². The summed E-state index contributed by atoms with van der Waals surface area (Å²) in [6.07, 6.45) is 2.08. The van der Waals surface area contributed by atoms with Gasteiger partial charge in [-0.25, -0.2) is 4.63 Å². The highest BCUT2D eigenvalue weighted by Gasteiger charge is 2.29. The first-order valence-electron chi connectivity index (χ1n) is 9.75. The minimum atomic E-state index is -0.484. The number of anilines is 4. The Morgan fingerprint density at radius 1 is 1.17 bits per heavy atom. The third-order valence-corrected chi connectivity index (χ3v) is 5.28. The molecule has 30 heavy (non-hydrogen) atoms. The Labute approximate surface area is 172 Å². The van der Waals surface area contributed by atoms with E-state index >= 15 is 0 Å². The molecule has 1 aliphatic rings. The van der Waals surface area contributed by atoms with Gasteiger partial charge in [0.2, 0.25) is 11.4 Å². The normalized spacial score (nSPS) is 14.7. The molecular weight excluding hydrogens is 388 g/mol. The fourth-order valence-electron chi connectivity index (χ4n) is 3.68. The van der Waals surface area contributed by atoms with Crippen molar-refractivity contribution in [3.8, 4) is 0 Å². The van der Waals surface area contributed by atoms with E-state index in [1.807, 2.05) is 0 Å². The Hall–Kier alpha value is -3.69. The lowest BCUT2D eigenvalue weighted by Crippen LogP contribution is -2.33. The Kier molecular flexibility index (Phi) is 5.21. The van der Waals surface area contributed by atoms with Gasteiger partial charge in [-0.1, -0.05) is 6.92 Å². The summed E-state index contributed by atoms with van der Waals surface area (Å²) in [7, 11) is 0. The first kappa shape index (κ1) is 19.6. The van der Waals surface area contributed by atoms with Crippen LogP contribution in [-0.4, -0.2) is 34.2 Å². The van der Waals surface area contributed by atoms with Crippen LogP contribution in [0.3, 0.4) is 0 Å². The summed E-state index contributed by atoms with van der Waals surface area (Å²) < 4.78 is 4.87. The Morgan fingerprint density at radius 2 is 1.80 bits per heavy atom. The summed E-state index contributed by atoms with van der Waals surface area (Å²) in [5.41, 5.74) is 2.68. The highest BCUT2D eigenvalue weighted by molar-refractivity contribution is 6.00. The van der Waals surface area contributed by atoms with Crippen LogP contribution in [0.1, 0.15) is 26.7 Å². The van der Waals surface area contributed by atoms with Gasteiger partial charge in [0.1, 0.15) is 5.69 Å². The minimum Gasteiger partial charge on any atom is -0.370 e. The van der Waals surface area contributed by atoms with E-state index in [1.54, 1.807) is 30.3 Å². The first-order valence-corrected chi connectivity index (χ1v) is 9.75. The molecule has 3 aromatic rings. The van der Waals surface area contributed by atoms with Gasteiger partial charge in [-0.2, -0.15) is 0 Å². The second-order valence-corrected chi connectivity index (χ2v) is 7.56. The van der Waals surface area contributed by atoms with Gasteiger partial charge in [-0.05, 0) is 59.4 Å². The molecule has 4 rings (SSSR count). The van der Waals surface area contributed by atoms with E-state index in [0.717, 1.165) is 31.6 Å². The Morgan fingerprint density at radius 3 is 2.43 bits per heavy atom. The molecule has 0 saturated carbocycles. The summed E-state index contributed by atoms with van der Waals surface area (Å²) in [6, 6.07) is 8.66. The van der Waals surface area contributed by atoms with Crippen LogP contribution >= 0.6 is 0 Å². The molecule has 0 atom stereocenters. The third kappa shape index (κ3) is 3.88. The summed E-state index contributed by atoms with van der Waals surface area (Å²) in [6.45, 7) is 5.33. The lowest BCUT2D eigenvalue weighted by Gasteiger charge is -2.32. The lowest BCUT2D eigenvalue weighted by atomic mass is 9.98. The van der Waals surface area contributed by atoms with Crippen molar-refractivity contribution in [2.45, 2.75) is 26.7 Å². The van der Waals surface area contributed by atoms with Crippen molar-refractivity contribution in [3.05, 3.63) is 40.4 Å². The van der Waals surface area contributed by atoms with E-state index in [4.69, 9.17) is 4.63 Å². The van der Waals surface area contributed by atoms with Crippen LogP contribution in [0, 0.1) is 16.0 Å². The van der Waals surface area contributed by atoms with Crippen LogP contribution in [0.25, 0.3) is 11.0 Å². The predicted octanol–water partition coefficient (Wildman–Crippen LogP) is 4.07. The number of hydrogen-bond donors (Lipinski definition) is 2. The van der Waals surface area contributed by atoms with Gasteiger partial charge >= 0.3 is 5.69 Å². The third-order valence-electron chi connectivity index (χ3n) is 5.28. The van der Waals surface area contributed by atoms with Gasteiger partial charge in [0.15, 0.2) is 5.52 Å². The molecule has 0 radical (unpaired) electrons. The largest absolute Gasteiger partial charge is 0.370 e. The molecule has 1 saturated heterocycles. The number of nitrogens with zero attached hydrogens (tertiary/aromatic N) is 4. The molecule has 1 aromatic heterocycles. The van der Waals surface area contributed by atoms with Gasteiger partial charge in [0.25, 0.3) is 0 Å². The summed E-state index contributed by atoms with van der Waals surface area (Å²) in [4.78, 5) is 24.7. The molecule has 10 nitrogen and oxygen atoms in total. The number of carbonyl (C=O) groups is 1. The number of benzene rings is 2. The van der Waals surface area contributed by atoms with Crippen molar-refractivity contribution in [1.82, 2.24) is 10.3 Å². The number of rotatable bonds is 5. The molecule has 2 heterocycles. The second kappa shape index (κ2) is 7.97. The molecule has 10 heteroatoms. The fourth-order valence-corrected chi connectivity index (χ4v) is 3.68. The van der Waals surface area contributed by atoms with Gasteiger partial charge in [-0.15, -0.1) is 0 Å². The molecule has 0 aliphatic carbocycles. The van der Waals surface area contributed by atoms with E-state index in [0.29, 0.717) is 28.5 Å². The predicted molar refractivity (Wildman–Crippen MR) is 113 cm³/mol. The number of aromatic nitrogens is 2. The number of nitrogens with one attached hydrogen (secondary N) is 2. The SMILES string of the molecule is CC(=O)Nc1ccc(Nc2cc(N3CCC(C)CC3)c3nonc3c2[N+](=O)[O-])cc1. The first-order chi connectivity index (χ1) is 14.4. The monoisotopic (exact) mass is 410 g/mol. The Bertz CT molecular complexity index is 1090. The van der Waals surface area contributed by atoms with Crippen molar-refractivity contribution in [1.29, 1.82) is 0 Å². The molecule has 156 valence electrons. The maximum atomic E-state index is 11.8. The zero-order valence-electron chi connectivity index (χ0n) is 16.7. The number of fused-ring (bicyclic) bond motifs is 1. The number of nitro benzene ring substituents is 1. The summed E-state index contributed by atoms with van der Waals surface area (Å²) >= 11 is 0. The number of nitro groups is 1. The van der Waals surface area contributed by atoms with Crippen LogP contribution in [0.5, 0.6) is 0 Å². The van der Waals surface area contributed by atoms with E-state index in [2.05, 4.69) is 32.8 Å². The molecule has 2 N–H and O–H groups in total. The van der Waals surface area contributed by atoms with Crippen LogP contribution in [0.15, 0.2) is 35.0 Å². The number of hydrogen-bond acceptors (Lipinski definition) is 8. The van der Waals surface area contributed by atoms with Crippen molar-refractivity contribution < 1.29 is 14.3 Å². The average Bonchev–Trinajstić information content (AvgIpc) is 3.18. The lowest BCUT2D eigenvalue weighted by molar-refractivity contribution is -0.382. The highest BCUT2D eigenvalue weighted by atomic mass is 16.6. The van der Waals surface area contributed by atoms with Gasteiger partial charge in [0, 0.05) is 31.4 Å². The highest BCUT2D eigenvalue weighted by Crippen LogP contribution is 2.40. The molecule has 1 aliphatic heterocycles. The molecule has 2 aromatic carbocycles. The zero-order chi connectivity index (χ0) is 21.3. The van der Waals surface area contributed by atoms with Crippen molar-refractivity contribution >= 4 is 45.4 Å². The molecule has 0 unspecified atom stereocenters. The van der Waals surface area contributed by atoms with E-state index in [1.165, 1.54) is 6.92 Å². The van der Waals surface area contributed by atoms with E-state index < -0.39 is 4.92 Å².